The quantitative estimate of drug-likeness (QED) is 0.454. The van der Waals surface area contributed by atoms with E-state index in [0.717, 1.165) is 12.1 Å². The van der Waals surface area contributed by atoms with Gasteiger partial charge in [0, 0.05) is 12.1 Å². The maximum Gasteiger partial charge on any atom is 0.326 e. The molecular weight excluding hydrogens is 462 g/mol. The number of nitrogens with one attached hydrogen (secondary N) is 1. The molecule has 2 rings (SSSR count). The zero-order valence-electron chi connectivity index (χ0n) is 18.1. The molecule has 1 amide bonds. The normalized spacial score (nSPS) is 12.9. The molecule has 2 N–H and O–H groups in total. The van der Waals surface area contributed by atoms with Gasteiger partial charge in [-0.15, -0.1) is 0 Å². The molecular formula is C22H25Cl2FN2O5. The molecule has 0 radical (unpaired) electrons. The van der Waals surface area contributed by atoms with Crippen LogP contribution in [0, 0.1) is 17.7 Å². The molecule has 0 fully saturated rings. The predicted octanol–water partition coefficient (Wildman–Crippen LogP) is 5.58. The van der Waals surface area contributed by atoms with Crippen molar-refractivity contribution in [3.8, 4) is 17.4 Å². The lowest BCUT2D eigenvalue weighted by atomic mass is 9.99. The summed E-state index contributed by atoms with van der Waals surface area (Å²) >= 11 is 12.3. The Morgan fingerprint density at radius 2 is 1.88 bits per heavy atom. The van der Waals surface area contributed by atoms with Crippen molar-refractivity contribution >= 4 is 35.1 Å². The Morgan fingerprint density at radius 1 is 1.19 bits per heavy atom. The molecule has 0 aliphatic heterocycles. The van der Waals surface area contributed by atoms with Gasteiger partial charge < -0.3 is 19.9 Å². The highest BCUT2D eigenvalue weighted by molar-refractivity contribution is 6.32. The fourth-order valence-electron chi connectivity index (χ4n) is 2.63. The van der Waals surface area contributed by atoms with Crippen LogP contribution >= 0.6 is 23.2 Å². The van der Waals surface area contributed by atoms with Gasteiger partial charge in [0.1, 0.15) is 28.4 Å². The number of benzene rings is 1. The van der Waals surface area contributed by atoms with Crippen molar-refractivity contribution in [3.63, 3.8) is 0 Å². The van der Waals surface area contributed by atoms with Crippen LogP contribution in [0.4, 0.5) is 4.39 Å². The average Bonchev–Trinajstić information content (AvgIpc) is 2.72. The molecule has 1 unspecified atom stereocenters. The highest BCUT2D eigenvalue weighted by Crippen LogP contribution is 2.34. The minimum Gasteiger partial charge on any atom is -0.480 e. The molecule has 174 valence electrons. The van der Waals surface area contributed by atoms with Gasteiger partial charge in [0.2, 0.25) is 5.88 Å². The van der Waals surface area contributed by atoms with Crippen LogP contribution in [0.2, 0.25) is 10.0 Å². The lowest BCUT2D eigenvalue weighted by Gasteiger charge is -2.20. The summed E-state index contributed by atoms with van der Waals surface area (Å²) < 4.78 is 25.7. The molecule has 10 heteroatoms. The fourth-order valence-corrected chi connectivity index (χ4v) is 3.04. The second kappa shape index (κ2) is 11.3. The Balaban J connectivity index is 2.19. The molecule has 1 aromatic heterocycles. The maximum absolute atomic E-state index is 14.6. The monoisotopic (exact) mass is 486 g/mol. The number of aromatic nitrogens is 1. The number of carbonyl (C=O) groups excluding carboxylic acids is 1. The number of aliphatic carboxylic acids is 1. The van der Waals surface area contributed by atoms with Gasteiger partial charge in [-0.25, -0.2) is 14.2 Å². The summed E-state index contributed by atoms with van der Waals surface area (Å²) in [5, 5.41) is 11.8. The maximum atomic E-state index is 14.6. The lowest BCUT2D eigenvalue weighted by Crippen LogP contribution is -2.45. The molecule has 0 aliphatic carbocycles. The van der Waals surface area contributed by atoms with Crippen molar-refractivity contribution in [3.05, 3.63) is 45.8 Å². The van der Waals surface area contributed by atoms with Crippen LogP contribution in [0.15, 0.2) is 24.4 Å². The summed E-state index contributed by atoms with van der Waals surface area (Å²) in [4.78, 5) is 28.0. The van der Waals surface area contributed by atoms with Gasteiger partial charge in [-0.05, 0) is 17.9 Å². The number of carbonyl (C=O) groups is 2. The smallest absolute Gasteiger partial charge is 0.326 e. The van der Waals surface area contributed by atoms with Crippen molar-refractivity contribution < 1.29 is 28.6 Å². The van der Waals surface area contributed by atoms with Crippen molar-refractivity contribution in [2.24, 2.45) is 11.8 Å². The zero-order valence-corrected chi connectivity index (χ0v) is 19.6. The van der Waals surface area contributed by atoms with Crippen LogP contribution in [-0.4, -0.2) is 34.6 Å². The minimum atomic E-state index is -1.20. The number of hydrogen-bond acceptors (Lipinski definition) is 5. The Labute approximate surface area is 195 Å². The first kappa shape index (κ1) is 25.7. The summed E-state index contributed by atoms with van der Waals surface area (Å²) in [5.41, 5.74) is -0.398. The first-order chi connectivity index (χ1) is 15.0. The molecule has 0 spiro atoms. The summed E-state index contributed by atoms with van der Waals surface area (Å²) in [6.07, 6.45) is 1.87. The Hall–Kier alpha value is -2.58. The van der Waals surface area contributed by atoms with Gasteiger partial charge in [-0.1, -0.05) is 57.3 Å². The van der Waals surface area contributed by atoms with E-state index in [0.29, 0.717) is 13.0 Å². The van der Waals surface area contributed by atoms with E-state index in [-0.39, 0.29) is 39.3 Å². The van der Waals surface area contributed by atoms with Gasteiger partial charge >= 0.3 is 5.97 Å². The number of nitrogens with zero attached hydrogens (tertiary/aromatic N) is 1. The average molecular weight is 487 g/mol. The van der Waals surface area contributed by atoms with E-state index >= 15 is 0 Å². The molecule has 0 saturated heterocycles. The lowest BCUT2D eigenvalue weighted by molar-refractivity contribution is -0.140. The Kier molecular flexibility index (Phi) is 9.09. The van der Waals surface area contributed by atoms with Gasteiger partial charge in [0.25, 0.3) is 5.91 Å². The van der Waals surface area contributed by atoms with Crippen LogP contribution < -0.4 is 14.8 Å². The number of pyridine rings is 1. The second-order valence-electron chi connectivity index (χ2n) is 7.70. The molecule has 32 heavy (non-hydrogen) atoms. The summed E-state index contributed by atoms with van der Waals surface area (Å²) in [6.45, 7) is 7.88. The van der Waals surface area contributed by atoms with Crippen LogP contribution in [0.5, 0.6) is 17.4 Å². The number of halogens is 3. The van der Waals surface area contributed by atoms with Crippen molar-refractivity contribution in [2.45, 2.75) is 40.2 Å². The van der Waals surface area contributed by atoms with Crippen molar-refractivity contribution in [1.29, 1.82) is 0 Å². The van der Waals surface area contributed by atoms with E-state index in [2.05, 4.69) is 10.3 Å². The third-order valence-corrected chi connectivity index (χ3v) is 5.16. The van der Waals surface area contributed by atoms with Gasteiger partial charge in [0.15, 0.2) is 0 Å². The number of rotatable bonds is 10. The molecule has 2 aromatic rings. The van der Waals surface area contributed by atoms with E-state index in [1.54, 1.807) is 13.8 Å². The van der Waals surface area contributed by atoms with Crippen LogP contribution in [0.25, 0.3) is 0 Å². The second-order valence-corrected chi connectivity index (χ2v) is 8.52. The number of amides is 1. The van der Waals surface area contributed by atoms with Crippen LogP contribution in [0.1, 0.15) is 44.5 Å². The Bertz CT molecular complexity index is 987. The van der Waals surface area contributed by atoms with Gasteiger partial charge in [0.05, 0.1) is 23.4 Å². The first-order valence-electron chi connectivity index (χ1n) is 10.0. The highest BCUT2D eigenvalue weighted by atomic mass is 35.5. The summed E-state index contributed by atoms with van der Waals surface area (Å²) in [7, 11) is 0. The van der Waals surface area contributed by atoms with Gasteiger partial charge in [-0.3, -0.25) is 4.79 Å². The third-order valence-electron chi connectivity index (χ3n) is 4.60. The van der Waals surface area contributed by atoms with E-state index in [1.165, 1.54) is 12.3 Å². The minimum absolute atomic E-state index is 0.0526. The molecule has 0 bridgehead atoms. The largest absolute Gasteiger partial charge is 0.480 e. The molecule has 0 saturated carbocycles. The van der Waals surface area contributed by atoms with Crippen LogP contribution in [-0.2, 0) is 4.79 Å². The summed E-state index contributed by atoms with van der Waals surface area (Å²) in [5.74, 6) is -2.71. The molecule has 0 aliphatic rings. The van der Waals surface area contributed by atoms with Crippen LogP contribution in [0.3, 0.4) is 0 Å². The number of ether oxygens (including phenoxy) is 2. The first-order valence-corrected chi connectivity index (χ1v) is 10.8. The topological polar surface area (TPSA) is 97.8 Å². The molecule has 1 heterocycles. The fraction of sp³-hybridized carbons (Fsp3) is 0.409. The molecule has 1 aromatic carbocycles. The SMILES string of the molecule is CCC(C)[C@H](NC(=O)c1cc(Cl)c(Oc2cnc(OCC(C)C)c(Cl)c2)cc1F)C(=O)O. The zero-order chi connectivity index (χ0) is 24.0. The van der Waals surface area contributed by atoms with Crippen molar-refractivity contribution in [1.82, 2.24) is 10.3 Å². The standard InChI is InChI=1S/C22H25Cl2FN2O5/c1-5-12(4)19(22(29)30)27-20(28)14-7-15(23)18(8-17(14)25)32-13-6-16(24)21(26-9-13)31-10-11(2)3/h6-9,11-12,19H,5,10H2,1-4H3,(H,27,28)(H,29,30)/t12?,19-/m0/s1. The number of carboxylic acids is 1. The number of hydrogen-bond donors (Lipinski definition) is 2. The molecule has 7 nitrogen and oxygen atoms in total. The van der Waals surface area contributed by atoms with Crippen molar-refractivity contribution in [2.75, 3.05) is 6.61 Å². The number of carboxylic acid groups (broad SMARTS) is 1. The van der Waals surface area contributed by atoms with Gasteiger partial charge in [-0.2, -0.15) is 0 Å². The third kappa shape index (κ3) is 6.71. The molecule has 2 atom stereocenters. The van der Waals surface area contributed by atoms with E-state index in [1.807, 2.05) is 13.8 Å². The highest BCUT2D eigenvalue weighted by Gasteiger charge is 2.27. The predicted molar refractivity (Wildman–Crippen MR) is 119 cm³/mol. The van der Waals surface area contributed by atoms with E-state index in [9.17, 15) is 19.1 Å². The summed E-state index contributed by atoms with van der Waals surface area (Å²) in [6, 6.07) is 2.30. The van der Waals surface area contributed by atoms with E-state index in [4.69, 9.17) is 32.7 Å². The van der Waals surface area contributed by atoms with E-state index < -0.39 is 29.3 Å². The Morgan fingerprint density at radius 3 is 2.44 bits per heavy atom.